The first-order chi connectivity index (χ1) is 27.4. The minimum absolute atomic E-state index is 0.00725. The summed E-state index contributed by atoms with van der Waals surface area (Å²) in [5, 5.41) is 9.50. The van der Waals surface area contributed by atoms with E-state index in [1.165, 1.54) is 78.0 Å². The van der Waals surface area contributed by atoms with Crippen LogP contribution in [0, 0.1) is 11.6 Å². The van der Waals surface area contributed by atoms with Gasteiger partial charge in [0.05, 0.1) is 16.6 Å². The zero-order chi connectivity index (χ0) is 38.9. The number of aromatic nitrogens is 2. The van der Waals surface area contributed by atoms with E-state index in [9.17, 15) is 0 Å². The molecule has 0 aliphatic carbocycles. The smallest absolute Gasteiger partial charge is 0.253 e. The van der Waals surface area contributed by atoms with Gasteiger partial charge >= 0.3 is 0 Å². The summed E-state index contributed by atoms with van der Waals surface area (Å²) in [6, 6.07) is 44.4. The monoisotopic (exact) mass is 740 g/mol. The maximum atomic E-state index is 16.0. The number of rotatable bonds is 1. The molecular formula is C52H39BF2N2. The number of halogens is 2. The van der Waals surface area contributed by atoms with E-state index in [0.717, 1.165) is 44.3 Å². The molecule has 2 aliphatic heterocycles. The van der Waals surface area contributed by atoms with Gasteiger partial charge in [-0.25, -0.2) is 8.78 Å². The summed E-state index contributed by atoms with van der Waals surface area (Å²) in [7, 11) is 0. The molecule has 0 saturated heterocycles. The first-order valence-corrected chi connectivity index (χ1v) is 20.0. The molecule has 0 spiro atoms. The largest absolute Gasteiger partial charge is 0.310 e. The fraction of sp³-hybridized carbons (Fsp3) is 0.154. The van der Waals surface area contributed by atoms with Crippen LogP contribution in [0.1, 0.15) is 52.7 Å². The van der Waals surface area contributed by atoms with Gasteiger partial charge in [0.1, 0.15) is 11.6 Å². The van der Waals surface area contributed by atoms with Crippen LogP contribution in [-0.2, 0) is 10.8 Å². The topological polar surface area (TPSA) is 9.86 Å². The molecule has 12 rings (SSSR count). The second kappa shape index (κ2) is 10.8. The molecule has 2 aliphatic rings. The minimum atomic E-state index is -0.572. The van der Waals surface area contributed by atoms with Gasteiger partial charge in [-0.2, -0.15) is 0 Å². The van der Waals surface area contributed by atoms with Crippen molar-refractivity contribution in [3.05, 3.63) is 150 Å². The Labute approximate surface area is 330 Å². The van der Waals surface area contributed by atoms with E-state index in [1.54, 1.807) is 0 Å². The van der Waals surface area contributed by atoms with E-state index in [1.807, 2.05) is 0 Å². The Bertz CT molecular complexity index is 3440. The highest BCUT2D eigenvalue weighted by Gasteiger charge is 2.43. The molecule has 57 heavy (non-hydrogen) atoms. The van der Waals surface area contributed by atoms with Gasteiger partial charge in [0, 0.05) is 44.0 Å². The Morgan fingerprint density at radius 1 is 0.456 bits per heavy atom. The lowest BCUT2D eigenvalue weighted by molar-refractivity contribution is 0.589. The van der Waals surface area contributed by atoms with Gasteiger partial charge in [-0.1, -0.05) is 108 Å². The standard InChI is InChI=1S/C52H39BF2N2/c1-51(2,3)32-18-19-42-36(25-32)38-26-33(52(4,5)6)27-39-49(38)56(42)44-23-31(46-40(54)16-11-17-41(46)55)24-45-48(44)53(39)47-34-15-10-9-14-30(34)21-37-35-20-28-12-7-8-13-29(28)22-43(35)57(45)50(37)47/h7-27H,1-6H3. The van der Waals surface area contributed by atoms with Crippen molar-refractivity contribution in [3.63, 3.8) is 0 Å². The molecule has 0 atom stereocenters. The lowest BCUT2D eigenvalue weighted by atomic mass is 9.33. The average Bonchev–Trinajstić information content (AvgIpc) is 3.68. The highest BCUT2D eigenvalue weighted by molar-refractivity contribution is 7.01. The van der Waals surface area contributed by atoms with Crippen LogP contribution < -0.4 is 16.4 Å². The van der Waals surface area contributed by atoms with Crippen molar-refractivity contribution in [2.24, 2.45) is 0 Å². The van der Waals surface area contributed by atoms with Crippen LogP contribution in [0.25, 0.3) is 87.7 Å². The van der Waals surface area contributed by atoms with Gasteiger partial charge in [-0.15, -0.1) is 0 Å². The first kappa shape index (κ1) is 33.0. The second-order valence-corrected chi connectivity index (χ2v) is 18.4. The third-order valence-electron chi connectivity index (χ3n) is 13.1. The number of benzene rings is 8. The molecule has 2 nitrogen and oxygen atoms in total. The van der Waals surface area contributed by atoms with Crippen molar-refractivity contribution in [1.29, 1.82) is 0 Å². The molecule has 0 radical (unpaired) electrons. The first-order valence-electron chi connectivity index (χ1n) is 20.0. The van der Waals surface area contributed by atoms with Crippen molar-refractivity contribution in [1.82, 2.24) is 9.13 Å². The Kier molecular flexibility index (Phi) is 6.25. The minimum Gasteiger partial charge on any atom is -0.310 e. The number of nitrogens with zero attached hydrogens (tertiary/aromatic N) is 2. The van der Waals surface area contributed by atoms with Crippen molar-refractivity contribution in [2.75, 3.05) is 0 Å². The molecule has 0 N–H and O–H groups in total. The molecule has 0 fully saturated rings. The number of hydrogen-bond acceptors (Lipinski definition) is 0. The summed E-state index contributed by atoms with van der Waals surface area (Å²) >= 11 is 0. The fourth-order valence-electron chi connectivity index (χ4n) is 10.3. The predicted molar refractivity (Wildman–Crippen MR) is 238 cm³/mol. The molecule has 0 amide bonds. The van der Waals surface area contributed by atoms with Gasteiger partial charge in [-0.05, 0) is 126 Å². The number of hydrogen-bond donors (Lipinski definition) is 0. The Hall–Kier alpha value is -6.20. The van der Waals surface area contributed by atoms with E-state index >= 15 is 8.78 Å². The third kappa shape index (κ3) is 4.29. The lowest BCUT2D eigenvalue weighted by Gasteiger charge is -2.35. The molecule has 10 aromatic rings. The van der Waals surface area contributed by atoms with Crippen LogP contribution in [-0.4, -0.2) is 15.8 Å². The maximum Gasteiger partial charge on any atom is 0.253 e. The summed E-state index contributed by atoms with van der Waals surface area (Å²) in [5.41, 5.74) is 13.0. The van der Waals surface area contributed by atoms with Crippen molar-refractivity contribution in [3.8, 4) is 22.5 Å². The SMILES string of the molecule is CC(C)(C)c1ccc2c(c1)c1cc(C(C)(C)C)cc3c1n2-c1cc(-c2c(F)cccc2F)cc2c1B3c1c3ccccc3cc3c4cc5ccccc5cc4n-2c13. The van der Waals surface area contributed by atoms with E-state index in [4.69, 9.17) is 0 Å². The lowest BCUT2D eigenvalue weighted by Crippen LogP contribution is -2.59. The van der Waals surface area contributed by atoms with Crippen LogP contribution in [0.2, 0.25) is 0 Å². The number of fused-ring (bicyclic) bond motifs is 13. The molecule has 2 aromatic heterocycles. The van der Waals surface area contributed by atoms with E-state index < -0.39 is 11.6 Å². The molecule has 0 saturated carbocycles. The quantitative estimate of drug-likeness (QED) is 0.148. The molecule has 0 bridgehead atoms. The zero-order valence-electron chi connectivity index (χ0n) is 32.9. The Morgan fingerprint density at radius 3 is 1.74 bits per heavy atom. The van der Waals surface area contributed by atoms with E-state index in [-0.39, 0.29) is 23.1 Å². The van der Waals surface area contributed by atoms with Crippen LogP contribution in [0.15, 0.2) is 127 Å². The van der Waals surface area contributed by atoms with Gasteiger partial charge in [0.15, 0.2) is 0 Å². The molecular weight excluding hydrogens is 701 g/mol. The maximum absolute atomic E-state index is 16.0. The highest BCUT2D eigenvalue weighted by Crippen LogP contribution is 2.44. The molecule has 274 valence electrons. The Balaban J connectivity index is 1.36. The van der Waals surface area contributed by atoms with Crippen molar-refractivity contribution >= 4 is 88.3 Å². The van der Waals surface area contributed by atoms with Gasteiger partial charge < -0.3 is 9.13 Å². The molecule has 4 heterocycles. The zero-order valence-corrected chi connectivity index (χ0v) is 32.9. The normalized spacial score (nSPS) is 13.6. The van der Waals surface area contributed by atoms with E-state index in [2.05, 4.69) is 160 Å². The van der Waals surface area contributed by atoms with Crippen LogP contribution >= 0.6 is 0 Å². The van der Waals surface area contributed by atoms with Crippen LogP contribution in [0.3, 0.4) is 0 Å². The van der Waals surface area contributed by atoms with Crippen molar-refractivity contribution in [2.45, 2.75) is 52.4 Å². The summed E-state index contributed by atoms with van der Waals surface area (Å²) in [5.74, 6) is -1.14. The molecule has 0 unspecified atom stereocenters. The summed E-state index contributed by atoms with van der Waals surface area (Å²) in [4.78, 5) is 0. The predicted octanol–water partition coefficient (Wildman–Crippen LogP) is 11.9. The van der Waals surface area contributed by atoms with Crippen LogP contribution in [0.5, 0.6) is 0 Å². The molecule has 5 heteroatoms. The van der Waals surface area contributed by atoms with Crippen LogP contribution in [0.4, 0.5) is 8.78 Å². The van der Waals surface area contributed by atoms with Gasteiger partial charge in [0.25, 0.3) is 6.71 Å². The van der Waals surface area contributed by atoms with E-state index in [0.29, 0.717) is 5.56 Å². The molecule has 8 aromatic carbocycles. The average molecular weight is 741 g/mol. The summed E-state index contributed by atoms with van der Waals surface area (Å²) < 4.78 is 36.9. The van der Waals surface area contributed by atoms with Crippen molar-refractivity contribution < 1.29 is 8.78 Å². The Morgan fingerprint density at radius 2 is 1.04 bits per heavy atom. The fourth-order valence-corrected chi connectivity index (χ4v) is 10.3. The summed E-state index contributed by atoms with van der Waals surface area (Å²) in [6.45, 7) is 13.6. The van der Waals surface area contributed by atoms with Gasteiger partial charge in [0.2, 0.25) is 0 Å². The highest BCUT2D eigenvalue weighted by atomic mass is 19.1. The third-order valence-corrected chi connectivity index (χ3v) is 13.1. The second-order valence-electron chi connectivity index (χ2n) is 18.4. The summed E-state index contributed by atoms with van der Waals surface area (Å²) in [6.07, 6.45) is 0. The van der Waals surface area contributed by atoms with Gasteiger partial charge in [-0.3, -0.25) is 0 Å².